The lowest BCUT2D eigenvalue weighted by atomic mass is 10.0. The Labute approximate surface area is 271 Å². The molecule has 0 aliphatic rings. The molecule has 0 radical (unpaired) electrons. The molecule has 1 heterocycles. The molecule has 0 bridgehead atoms. The van der Waals surface area contributed by atoms with Crippen LogP contribution >= 0.6 is 31.9 Å². The van der Waals surface area contributed by atoms with E-state index >= 15 is 0 Å². The maximum Gasteiger partial charge on any atom is 0.343 e. The lowest BCUT2D eigenvalue weighted by Crippen LogP contribution is -2.19. The summed E-state index contributed by atoms with van der Waals surface area (Å²) in [5, 5.41) is 5.17. The van der Waals surface area contributed by atoms with Gasteiger partial charge in [-0.3, -0.25) is 4.79 Å². The fourth-order valence-corrected chi connectivity index (χ4v) is 6.11. The lowest BCUT2D eigenvalue weighted by Gasteiger charge is -2.13. The molecule has 0 aliphatic carbocycles. The first-order valence-electron chi connectivity index (χ1n) is 13.9. The minimum atomic E-state index is -0.600. The number of fused-ring (bicyclic) bond motifs is 1. The van der Waals surface area contributed by atoms with Gasteiger partial charge < -0.3 is 19.2 Å². The zero-order chi connectivity index (χ0) is 31.2. The standard InChI is InChI=1S/C34H29Br2N3O5/c1-4-42-27-15-14-22(17-28(27)43-5-2)34(41)44-32-23(16-24(35)18-26(32)36)19-37-39-33(40)31-29(21-11-7-6-8-12-21)25-13-9-10-20(3)30(25)38-31/h6-19,38H,4-5H2,1-3H3,(H,39,40). The van der Waals surface area contributed by atoms with Crippen molar-refractivity contribution in [2.45, 2.75) is 20.8 Å². The molecule has 0 aliphatic heterocycles. The zero-order valence-corrected chi connectivity index (χ0v) is 27.4. The summed E-state index contributed by atoms with van der Waals surface area (Å²) in [6.07, 6.45) is 1.43. The van der Waals surface area contributed by atoms with Crippen molar-refractivity contribution in [2.24, 2.45) is 5.10 Å². The number of aromatic amines is 1. The number of ether oxygens (including phenoxy) is 3. The third-order valence-electron chi connectivity index (χ3n) is 6.71. The van der Waals surface area contributed by atoms with Crippen LogP contribution < -0.4 is 19.6 Å². The van der Waals surface area contributed by atoms with E-state index in [1.54, 1.807) is 30.3 Å². The molecule has 8 nitrogen and oxygen atoms in total. The van der Waals surface area contributed by atoms with E-state index in [-0.39, 0.29) is 11.3 Å². The number of carbonyl (C=O) groups is 2. The van der Waals surface area contributed by atoms with E-state index in [4.69, 9.17) is 14.2 Å². The number of aryl methyl sites for hydroxylation is 1. The van der Waals surface area contributed by atoms with Gasteiger partial charge in [-0.15, -0.1) is 0 Å². The Morgan fingerprint density at radius 3 is 2.41 bits per heavy atom. The van der Waals surface area contributed by atoms with Crippen LogP contribution in [0.4, 0.5) is 0 Å². The number of benzene rings is 4. The number of hydrogen-bond donors (Lipinski definition) is 2. The quantitative estimate of drug-likeness (QED) is 0.0653. The van der Waals surface area contributed by atoms with Crippen LogP contribution in [-0.2, 0) is 0 Å². The van der Waals surface area contributed by atoms with Crippen LogP contribution in [0.15, 0.2) is 92.9 Å². The van der Waals surface area contributed by atoms with Gasteiger partial charge in [0.25, 0.3) is 5.91 Å². The van der Waals surface area contributed by atoms with Crippen molar-refractivity contribution in [3.63, 3.8) is 0 Å². The van der Waals surface area contributed by atoms with Gasteiger partial charge in [-0.1, -0.05) is 64.5 Å². The van der Waals surface area contributed by atoms with Crippen molar-refractivity contribution in [1.82, 2.24) is 10.4 Å². The first-order chi connectivity index (χ1) is 21.3. The van der Waals surface area contributed by atoms with Gasteiger partial charge in [0.2, 0.25) is 0 Å². The maximum absolute atomic E-state index is 13.5. The van der Waals surface area contributed by atoms with E-state index in [9.17, 15) is 9.59 Å². The fraction of sp³-hybridized carbons (Fsp3) is 0.147. The number of H-pyrrole nitrogens is 1. The predicted molar refractivity (Wildman–Crippen MR) is 179 cm³/mol. The van der Waals surface area contributed by atoms with Crippen LogP contribution in [0.25, 0.3) is 22.0 Å². The molecule has 0 fully saturated rings. The van der Waals surface area contributed by atoms with E-state index in [1.165, 1.54) is 6.21 Å². The molecule has 0 saturated heterocycles. The Hall–Kier alpha value is -4.41. The number of nitrogens with zero attached hydrogens (tertiary/aromatic N) is 1. The number of amides is 1. The van der Waals surface area contributed by atoms with E-state index in [0.29, 0.717) is 44.9 Å². The summed E-state index contributed by atoms with van der Waals surface area (Å²) in [7, 11) is 0. The number of halogens is 2. The molecule has 0 spiro atoms. The highest BCUT2D eigenvalue weighted by atomic mass is 79.9. The van der Waals surface area contributed by atoms with Crippen molar-refractivity contribution in [1.29, 1.82) is 0 Å². The minimum absolute atomic E-state index is 0.231. The summed E-state index contributed by atoms with van der Waals surface area (Å²) in [6.45, 7) is 6.59. The SMILES string of the molecule is CCOc1ccc(C(=O)Oc2c(Br)cc(Br)cc2C=NNC(=O)c2[nH]c3c(C)cccc3c2-c2ccccc2)cc1OCC. The Kier molecular flexibility index (Phi) is 9.82. The summed E-state index contributed by atoms with van der Waals surface area (Å²) in [6, 6.07) is 24.0. The van der Waals surface area contributed by atoms with Crippen LogP contribution in [0.2, 0.25) is 0 Å². The molecule has 1 aromatic heterocycles. The van der Waals surface area contributed by atoms with Crippen LogP contribution in [0.3, 0.4) is 0 Å². The van der Waals surface area contributed by atoms with Crippen molar-refractivity contribution >= 4 is 60.9 Å². The summed E-state index contributed by atoms with van der Waals surface area (Å²) in [5.74, 6) is 0.206. The molecule has 0 unspecified atom stereocenters. The smallest absolute Gasteiger partial charge is 0.343 e. The maximum atomic E-state index is 13.5. The number of carbonyl (C=O) groups excluding carboxylic acids is 2. The molecule has 0 saturated carbocycles. The van der Waals surface area contributed by atoms with E-state index in [2.05, 4.69) is 47.4 Å². The number of rotatable bonds is 10. The van der Waals surface area contributed by atoms with Crippen molar-refractivity contribution in [3.8, 4) is 28.4 Å². The molecule has 2 N–H and O–H groups in total. The van der Waals surface area contributed by atoms with Gasteiger partial charge in [-0.05, 0) is 78.2 Å². The van der Waals surface area contributed by atoms with Crippen molar-refractivity contribution in [3.05, 3.63) is 110 Å². The van der Waals surface area contributed by atoms with Gasteiger partial charge in [0, 0.05) is 26.5 Å². The Bertz CT molecular complexity index is 1870. The van der Waals surface area contributed by atoms with Crippen LogP contribution in [-0.4, -0.2) is 36.3 Å². The van der Waals surface area contributed by atoms with Crippen LogP contribution in [0.1, 0.15) is 45.8 Å². The normalized spacial score (nSPS) is 11.1. The number of hydrogen-bond acceptors (Lipinski definition) is 6. The van der Waals surface area contributed by atoms with Crippen LogP contribution in [0.5, 0.6) is 17.2 Å². The van der Waals surface area contributed by atoms with Gasteiger partial charge in [0.1, 0.15) is 5.69 Å². The highest BCUT2D eigenvalue weighted by Crippen LogP contribution is 2.35. The third-order valence-corrected chi connectivity index (χ3v) is 7.76. The number of nitrogens with one attached hydrogen (secondary N) is 2. The van der Waals surface area contributed by atoms with Gasteiger partial charge >= 0.3 is 5.97 Å². The number of aromatic nitrogens is 1. The molecule has 5 aromatic rings. The van der Waals surface area contributed by atoms with E-state index in [1.807, 2.05) is 69.3 Å². The average Bonchev–Trinajstić information content (AvgIpc) is 3.41. The average molecular weight is 719 g/mol. The monoisotopic (exact) mass is 717 g/mol. The highest BCUT2D eigenvalue weighted by Gasteiger charge is 2.21. The third kappa shape index (κ3) is 6.71. The minimum Gasteiger partial charge on any atom is -0.490 e. The molecule has 10 heteroatoms. The highest BCUT2D eigenvalue weighted by molar-refractivity contribution is 9.11. The van der Waals surface area contributed by atoms with Gasteiger partial charge in [-0.25, -0.2) is 10.2 Å². The van der Waals surface area contributed by atoms with Gasteiger partial charge in [0.15, 0.2) is 17.2 Å². The first kappa shape index (κ1) is 31.0. The first-order valence-corrected chi connectivity index (χ1v) is 15.5. The largest absolute Gasteiger partial charge is 0.490 e. The summed E-state index contributed by atoms with van der Waals surface area (Å²) in [4.78, 5) is 30.0. The fourth-order valence-electron chi connectivity index (χ4n) is 4.77. The molecule has 44 heavy (non-hydrogen) atoms. The molecule has 0 atom stereocenters. The Morgan fingerprint density at radius 1 is 0.909 bits per heavy atom. The topological polar surface area (TPSA) is 102 Å². The molecule has 1 amide bonds. The number of para-hydroxylation sites is 1. The second-order valence-corrected chi connectivity index (χ2v) is 11.4. The molecule has 5 rings (SSSR count). The van der Waals surface area contributed by atoms with E-state index < -0.39 is 11.9 Å². The number of hydrazone groups is 1. The molecular weight excluding hydrogens is 690 g/mol. The van der Waals surface area contributed by atoms with Crippen molar-refractivity contribution in [2.75, 3.05) is 13.2 Å². The molecular formula is C34H29Br2N3O5. The second kappa shape index (κ2) is 13.9. The Morgan fingerprint density at radius 2 is 1.66 bits per heavy atom. The number of esters is 1. The van der Waals surface area contributed by atoms with Gasteiger partial charge in [-0.2, -0.15) is 5.10 Å². The summed E-state index contributed by atoms with van der Waals surface area (Å²) < 4.78 is 18.3. The van der Waals surface area contributed by atoms with Crippen molar-refractivity contribution < 1.29 is 23.8 Å². The molecule has 224 valence electrons. The second-order valence-electron chi connectivity index (χ2n) is 9.66. The summed E-state index contributed by atoms with van der Waals surface area (Å²) >= 11 is 6.96. The molecule has 4 aromatic carbocycles. The van der Waals surface area contributed by atoms with E-state index in [0.717, 1.165) is 27.6 Å². The van der Waals surface area contributed by atoms with Gasteiger partial charge in [0.05, 0.1) is 29.5 Å². The Balaban J connectivity index is 1.42. The van der Waals surface area contributed by atoms with Crippen LogP contribution in [0, 0.1) is 6.92 Å². The lowest BCUT2D eigenvalue weighted by molar-refractivity contribution is 0.0732. The predicted octanol–water partition coefficient (Wildman–Crippen LogP) is 8.45. The zero-order valence-electron chi connectivity index (χ0n) is 24.2. The summed E-state index contributed by atoms with van der Waals surface area (Å²) in [5.41, 5.74) is 7.35.